The first-order valence-electron chi connectivity index (χ1n) is 7.52. The third-order valence-corrected chi connectivity index (χ3v) is 3.86. The molecule has 3 aromatic rings. The van der Waals surface area contributed by atoms with Gasteiger partial charge in [-0.15, -0.1) is 0 Å². The molecule has 0 aliphatic heterocycles. The molecule has 116 valence electrons. The summed E-state index contributed by atoms with van der Waals surface area (Å²) in [4.78, 5) is 13.2. The van der Waals surface area contributed by atoms with E-state index < -0.39 is 5.60 Å². The molecule has 0 unspecified atom stereocenters. The molecule has 0 amide bonds. The number of hydrogen-bond donors (Lipinski definition) is 1. The van der Waals surface area contributed by atoms with Gasteiger partial charge in [0.15, 0.2) is 5.60 Å². The molecule has 0 aromatic carbocycles. The molecule has 0 spiro atoms. The van der Waals surface area contributed by atoms with Crippen molar-refractivity contribution in [1.29, 1.82) is 0 Å². The smallest absolute Gasteiger partial charge is 0.191 e. The zero-order chi connectivity index (χ0) is 16.4. The van der Waals surface area contributed by atoms with Crippen molar-refractivity contribution in [2.45, 2.75) is 26.4 Å². The molecule has 0 bridgehead atoms. The number of aliphatic hydroxyl groups is 1. The number of pyridine rings is 3. The second kappa shape index (κ2) is 5.89. The first-order chi connectivity index (χ1) is 11.0. The van der Waals surface area contributed by atoms with Crippen molar-refractivity contribution in [3.8, 4) is 0 Å². The molecule has 1 N–H and O–H groups in total. The van der Waals surface area contributed by atoms with Crippen LogP contribution in [0.1, 0.15) is 33.8 Å². The molecule has 23 heavy (non-hydrogen) atoms. The fraction of sp³-hybridized carbons (Fsp3) is 0.211. The molecule has 3 rings (SSSR count). The highest BCUT2D eigenvalue weighted by Gasteiger charge is 2.38. The third-order valence-electron chi connectivity index (χ3n) is 3.86. The first-order valence-corrected chi connectivity index (χ1v) is 7.52. The summed E-state index contributed by atoms with van der Waals surface area (Å²) >= 11 is 0. The van der Waals surface area contributed by atoms with Crippen LogP contribution in [0.4, 0.5) is 0 Å². The maximum absolute atomic E-state index is 11.6. The summed E-state index contributed by atoms with van der Waals surface area (Å²) in [6, 6.07) is 11.3. The van der Waals surface area contributed by atoms with E-state index in [1.165, 1.54) is 0 Å². The van der Waals surface area contributed by atoms with E-state index in [2.05, 4.69) is 15.0 Å². The molecular formula is C19H19N3O. The van der Waals surface area contributed by atoms with E-state index in [-0.39, 0.29) is 0 Å². The van der Waals surface area contributed by atoms with Crippen molar-refractivity contribution in [1.82, 2.24) is 15.0 Å². The zero-order valence-corrected chi connectivity index (χ0v) is 13.5. The van der Waals surface area contributed by atoms with Crippen molar-refractivity contribution in [3.05, 3.63) is 88.8 Å². The normalized spacial score (nSPS) is 11.5. The van der Waals surface area contributed by atoms with Crippen LogP contribution < -0.4 is 0 Å². The Morgan fingerprint density at radius 2 is 0.957 bits per heavy atom. The maximum Gasteiger partial charge on any atom is 0.191 e. The topological polar surface area (TPSA) is 58.9 Å². The van der Waals surface area contributed by atoms with Crippen LogP contribution in [-0.4, -0.2) is 20.1 Å². The molecule has 0 radical (unpaired) electrons. The highest BCUT2D eigenvalue weighted by atomic mass is 16.3. The van der Waals surface area contributed by atoms with Gasteiger partial charge in [-0.1, -0.05) is 0 Å². The summed E-state index contributed by atoms with van der Waals surface area (Å²) in [5.74, 6) is 0. The molecule has 3 aromatic heterocycles. The minimum Gasteiger partial charge on any atom is -0.372 e. The Morgan fingerprint density at radius 3 is 1.22 bits per heavy atom. The predicted molar refractivity (Wildman–Crippen MR) is 89.0 cm³/mol. The fourth-order valence-electron chi connectivity index (χ4n) is 2.60. The molecular weight excluding hydrogens is 286 g/mol. The number of aromatic nitrogens is 3. The molecule has 0 aliphatic rings. The lowest BCUT2D eigenvalue weighted by atomic mass is 9.88. The Kier molecular flexibility index (Phi) is 3.92. The van der Waals surface area contributed by atoms with E-state index in [0.717, 1.165) is 16.7 Å². The number of aryl methyl sites for hydroxylation is 3. The van der Waals surface area contributed by atoms with Gasteiger partial charge >= 0.3 is 0 Å². The lowest BCUT2D eigenvalue weighted by Crippen LogP contribution is -2.32. The number of nitrogens with zero attached hydrogens (tertiary/aromatic N) is 3. The molecule has 0 fully saturated rings. The summed E-state index contributed by atoms with van der Waals surface area (Å²) < 4.78 is 0. The highest BCUT2D eigenvalue weighted by molar-refractivity contribution is 5.41. The van der Waals surface area contributed by atoms with Crippen LogP contribution in [0.5, 0.6) is 0 Å². The lowest BCUT2D eigenvalue weighted by molar-refractivity contribution is 0.111. The van der Waals surface area contributed by atoms with Crippen LogP contribution in [0.2, 0.25) is 0 Å². The van der Waals surface area contributed by atoms with Gasteiger partial charge in [0.2, 0.25) is 0 Å². The first kappa shape index (κ1) is 15.3. The summed E-state index contributed by atoms with van der Waals surface area (Å²) in [7, 11) is 0. The molecule has 0 atom stereocenters. The van der Waals surface area contributed by atoms with Crippen molar-refractivity contribution in [2.24, 2.45) is 0 Å². The van der Waals surface area contributed by atoms with E-state index in [9.17, 15) is 5.11 Å². The number of rotatable bonds is 3. The van der Waals surface area contributed by atoms with Gasteiger partial charge in [0.05, 0.1) is 17.1 Å². The molecule has 4 heteroatoms. The van der Waals surface area contributed by atoms with Crippen molar-refractivity contribution in [3.63, 3.8) is 0 Å². The van der Waals surface area contributed by atoms with Crippen molar-refractivity contribution >= 4 is 0 Å². The largest absolute Gasteiger partial charge is 0.372 e. The van der Waals surface area contributed by atoms with Gasteiger partial charge in [0.25, 0.3) is 0 Å². The standard InChI is InChI=1S/C19H19N3O/c1-13-4-7-20-16(10-13)19(23,17-11-14(2)5-8-21-17)18-12-15(3)6-9-22-18/h4-12,23H,1-3H3. The van der Waals surface area contributed by atoms with Gasteiger partial charge in [0.1, 0.15) is 0 Å². The zero-order valence-electron chi connectivity index (χ0n) is 13.5. The second-order valence-corrected chi connectivity index (χ2v) is 5.87. The summed E-state index contributed by atoms with van der Waals surface area (Å²) in [5, 5.41) is 11.6. The molecule has 0 aliphatic carbocycles. The molecule has 0 saturated carbocycles. The predicted octanol–water partition coefficient (Wildman–Crippen LogP) is 3.08. The Labute approximate surface area is 135 Å². The van der Waals surface area contributed by atoms with Crippen LogP contribution in [0.15, 0.2) is 55.0 Å². The quantitative estimate of drug-likeness (QED) is 0.808. The van der Waals surface area contributed by atoms with Gasteiger partial charge in [-0.2, -0.15) is 0 Å². The maximum atomic E-state index is 11.6. The summed E-state index contributed by atoms with van der Waals surface area (Å²) in [6.45, 7) is 5.91. The monoisotopic (exact) mass is 305 g/mol. The Bertz CT molecular complexity index is 734. The van der Waals surface area contributed by atoms with Gasteiger partial charge in [-0.25, -0.2) is 0 Å². The van der Waals surface area contributed by atoms with Crippen molar-refractivity contribution in [2.75, 3.05) is 0 Å². The minimum absolute atomic E-state index is 0.522. The van der Waals surface area contributed by atoms with Gasteiger partial charge in [-0.3, -0.25) is 15.0 Å². The Hall–Kier alpha value is -2.59. The summed E-state index contributed by atoms with van der Waals surface area (Å²) in [5.41, 5.74) is 3.15. The minimum atomic E-state index is -1.48. The SMILES string of the molecule is Cc1ccnc(C(O)(c2cc(C)ccn2)c2cc(C)ccn2)c1. The van der Waals surface area contributed by atoms with E-state index in [1.807, 2.05) is 57.2 Å². The lowest BCUT2D eigenvalue weighted by Gasteiger charge is -2.27. The second-order valence-electron chi connectivity index (χ2n) is 5.87. The Balaban J connectivity index is 2.29. The molecule has 3 heterocycles. The molecule has 4 nitrogen and oxygen atoms in total. The molecule has 0 saturated heterocycles. The van der Waals surface area contributed by atoms with Crippen LogP contribution in [0, 0.1) is 20.8 Å². The van der Waals surface area contributed by atoms with Gasteiger partial charge < -0.3 is 5.11 Å². The summed E-state index contributed by atoms with van der Waals surface area (Å²) in [6.07, 6.45) is 5.09. The number of hydrogen-bond acceptors (Lipinski definition) is 4. The highest BCUT2D eigenvalue weighted by Crippen LogP contribution is 2.34. The average Bonchev–Trinajstić information content (AvgIpc) is 2.54. The Morgan fingerprint density at radius 1 is 0.652 bits per heavy atom. The van der Waals surface area contributed by atoms with Crippen molar-refractivity contribution < 1.29 is 5.11 Å². The van der Waals surface area contributed by atoms with E-state index in [1.54, 1.807) is 18.6 Å². The van der Waals surface area contributed by atoms with Crippen LogP contribution in [0.25, 0.3) is 0 Å². The average molecular weight is 305 g/mol. The van der Waals surface area contributed by atoms with Crippen LogP contribution in [0.3, 0.4) is 0 Å². The van der Waals surface area contributed by atoms with E-state index >= 15 is 0 Å². The van der Waals surface area contributed by atoms with Crippen LogP contribution in [-0.2, 0) is 5.60 Å². The van der Waals surface area contributed by atoms with Crippen LogP contribution >= 0.6 is 0 Å². The third kappa shape index (κ3) is 2.85. The van der Waals surface area contributed by atoms with Gasteiger partial charge in [-0.05, 0) is 73.9 Å². The van der Waals surface area contributed by atoms with Gasteiger partial charge in [0, 0.05) is 18.6 Å². The van der Waals surface area contributed by atoms with E-state index in [4.69, 9.17) is 0 Å². The van der Waals surface area contributed by atoms with E-state index in [0.29, 0.717) is 17.1 Å². The fourth-order valence-corrected chi connectivity index (χ4v) is 2.60.